The Labute approximate surface area is 104 Å². The second-order valence-electron chi connectivity index (χ2n) is 3.96. The van der Waals surface area contributed by atoms with Crippen molar-refractivity contribution >= 4 is 5.78 Å². The van der Waals surface area contributed by atoms with Gasteiger partial charge in [-0.05, 0) is 18.6 Å². The third-order valence-corrected chi connectivity index (χ3v) is 2.40. The number of ether oxygens (including phenoxy) is 1. The number of carbonyl (C=O) groups is 1. The van der Waals surface area contributed by atoms with Gasteiger partial charge in [-0.3, -0.25) is 4.79 Å². The number of halogens is 3. The van der Waals surface area contributed by atoms with Gasteiger partial charge in [0.2, 0.25) is 0 Å². The van der Waals surface area contributed by atoms with Crippen LogP contribution >= 0.6 is 0 Å². The maximum absolute atomic E-state index is 12.0. The van der Waals surface area contributed by atoms with Crippen molar-refractivity contribution in [2.75, 3.05) is 0 Å². The van der Waals surface area contributed by atoms with E-state index in [4.69, 9.17) is 0 Å². The van der Waals surface area contributed by atoms with E-state index in [1.807, 2.05) is 6.92 Å². The molecule has 0 N–H and O–H groups in total. The summed E-state index contributed by atoms with van der Waals surface area (Å²) in [4.78, 5) is 11.7. The highest BCUT2D eigenvalue weighted by atomic mass is 19.4. The molecule has 1 aromatic rings. The van der Waals surface area contributed by atoms with Crippen molar-refractivity contribution in [3.63, 3.8) is 0 Å². The molecule has 0 aromatic heterocycles. The lowest BCUT2D eigenvalue weighted by Crippen LogP contribution is -2.17. The molecule has 0 heterocycles. The first-order valence-electron chi connectivity index (χ1n) is 5.81. The summed E-state index contributed by atoms with van der Waals surface area (Å²) in [5, 5.41) is 0. The average Bonchev–Trinajstić information content (AvgIpc) is 2.27. The van der Waals surface area contributed by atoms with Crippen molar-refractivity contribution < 1.29 is 22.7 Å². The minimum absolute atomic E-state index is 0.156. The first kappa shape index (κ1) is 14.5. The molecule has 0 unspecified atom stereocenters. The monoisotopic (exact) mass is 260 g/mol. The number of unbranched alkanes of at least 4 members (excludes halogenated alkanes) is 2. The number of benzene rings is 1. The van der Waals surface area contributed by atoms with E-state index in [1.54, 1.807) is 0 Å². The predicted molar refractivity (Wildman–Crippen MR) is 61.6 cm³/mol. The minimum atomic E-state index is -4.73. The maximum atomic E-state index is 12.0. The summed E-state index contributed by atoms with van der Waals surface area (Å²) < 4.78 is 39.8. The Balaban J connectivity index is 2.66. The van der Waals surface area contributed by atoms with E-state index in [0.717, 1.165) is 25.3 Å². The van der Waals surface area contributed by atoms with Crippen molar-refractivity contribution in [2.24, 2.45) is 0 Å². The molecular weight excluding hydrogens is 245 g/mol. The molecule has 0 saturated carbocycles. The molecule has 0 spiro atoms. The molecule has 5 heteroatoms. The molecule has 0 fully saturated rings. The SMILES string of the molecule is CCCCCC(=O)c1cccc(OC(F)(F)F)c1. The molecule has 0 aliphatic heterocycles. The smallest absolute Gasteiger partial charge is 0.406 e. The Morgan fingerprint density at radius 3 is 2.61 bits per heavy atom. The summed E-state index contributed by atoms with van der Waals surface area (Å²) in [6.07, 6.45) is -1.71. The molecular formula is C13H15F3O2. The van der Waals surface area contributed by atoms with Crippen molar-refractivity contribution in [2.45, 2.75) is 39.0 Å². The van der Waals surface area contributed by atoms with Gasteiger partial charge in [-0.1, -0.05) is 31.9 Å². The van der Waals surface area contributed by atoms with Crippen molar-refractivity contribution in [3.8, 4) is 5.75 Å². The summed E-state index contributed by atoms with van der Waals surface area (Å²) in [7, 11) is 0. The van der Waals surface area contributed by atoms with Gasteiger partial charge < -0.3 is 4.74 Å². The van der Waals surface area contributed by atoms with Crippen molar-refractivity contribution in [3.05, 3.63) is 29.8 Å². The zero-order valence-electron chi connectivity index (χ0n) is 10.1. The summed E-state index contributed by atoms with van der Waals surface area (Å²) in [5.41, 5.74) is 0.257. The third-order valence-electron chi connectivity index (χ3n) is 2.40. The highest BCUT2D eigenvalue weighted by molar-refractivity contribution is 5.96. The van der Waals surface area contributed by atoms with E-state index in [-0.39, 0.29) is 17.1 Å². The van der Waals surface area contributed by atoms with Crippen LogP contribution in [-0.2, 0) is 0 Å². The minimum Gasteiger partial charge on any atom is -0.406 e. The van der Waals surface area contributed by atoms with Gasteiger partial charge in [0, 0.05) is 12.0 Å². The molecule has 0 radical (unpaired) electrons. The molecule has 100 valence electrons. The normalized spacial score (nSPS) is 11.3. The predicted octanol–water partition coefficient (Wildman–Crippen LogP) is 4.35. The summed E-state index contributed by atoms with van der Waals surface area (Å²) >= 11 is 0. The van der Waals surface area contributed by atoms with Crippen LogP contribution in [0.2, 0.25) is 0 Å². The fourth-order valence-corrected chi connectivity index (χ4v) is 1.55. The van der Waals surface area contributed by atoms with Crippen LogP contribution in [-0.4, -0.2) is 12.1 Å². The summed E-state index contributed by atoms with van der Waals surface area (Å²) in [6.45, 7) is 2.02. The van der Waals surface area contributed by atoms with Crippen LogP contribution in [0.25, 0.3) is 0 Å². The molecule has 0 bridgehead atoms. The number of Topliss-reactive ketones (excluding diaryl/α,β-unsaturated/α-hetero) is 1. The van der Waals surface area contributed by atoms with E-state index >= 15 is 0 Å². The highest BCUT2D eigenvalue weighted by Crippen LogP contribution is 2.23. The number of rotatable bonds is 6. The molecule has 18 heavy (non-hydrogen) atoms. The van der Waals surface area contributed by atoms with Crippen LogP contribution in [0.1, 0.15) is 43.0 Å². The summed E-state index contributed by atoms with van der Waals surface area (Å²) in [5.74, 6) is -0.514. The van der Waals surface area contributed by atoms with Crippen LogP contribution in [0, 0.1) is 0 Å². The number of ketones is 1. The van der Waals surface area contributed by atoms with E-state index in [1.165, 1.54) is 18.2 Å². The van der Waals surface area contributed by atoms with Crippen LogP contribution in [0.3, 0.4) is 0 Å². The fourth-order valence-electron chi connectivity index (χ4n) is 1.55. The molecule has 0 saturated heterocycles. The van der Waals surface area contributed by atoms with Gasteiger partial charge in [0.1, 0.15) is 5.75 Å². The number of carbonyl (C=O) groups excluding carboxylic acids is 1. The Hall–Kier alpha value is -1.52. The first-order chi connectivity index (χ1) is 8.42. The van der Waals surface area contributed by atoms with Crippen LogP contribution in [0.4, 0.5) is 13.2 Å². The molecule has 2 nitrogen and oxygen atoms in total. The quantitative estimate of drug-likeness (QED) is 0.561. The van der Waals surface area contributed by atoms with E-state index in [2.05, 4.69) is 4.74 Å². The Kier molecular flexibility index (Phi) is 5.19. The number of hydrogen-bond acceptors (Lipinski definition) is 2. The van der Waals surface area contributed by atoms with Gasteiger partial charge in [0.25, 0.3) is 0 Å². The molecule has 1 aromatic carbocycles. The standard InChI is InChI=1S/C13H15F3O2/c1-2-3-4-8-12(17)10-6-5-7-11(9-10)18-13(14,15)16/h5-7,9H,2-4,8H2,1H3. The van der Waals surface area contributed by atoms with Gasteiger partial charge in [-0.2, -0.15) is 0 Å². The lowest BCUT2D eigenvalue weighted by atomic mass is 10.0. The van der Waals surface area contributed by atoms with Crippen LogP contribution in [0.15, 0.2) is 24.3 Å². The third kappa shape index (κ3) is 5.21. The van der Waals surface area contributed by atoms with Gasteiger partial charge in [0.05, 0.1) is 0 Å². The van der Waals surface area contributed by atoms with Gasteiger partial charge in [0.15, 0.2) is 5.78 Å². The Bertz CT molecular complexity index is 399. The van der Waals surface area contributed by atoms with Crippen molar-refractivity contribution in [1.29, 1.82) is 0 Å². The molecule has 0 aliphatic rings. The molecule has 0 atom stereocenters. The second-order valence-corrected chi connectivity index (χ2v) is 3.96. The maximum Gasteiger partial charge on any atom is 0.573 e. The summed E-state index contributed by atoms with van der Waals surface area (Å²) in [6, 6.07) is 5.18. The van der Waals surface area contributed by atoms with Crippen molar-refractivity contribution in [1.82, 2.24) is 0 Å². The van der Waals surface area contributed by atoms with E-state index < -0.39 is 6.36 Å². The topological polar surface area (TPSA) is 26.3 Å². The fraction of sp³-hybridized carbons (Fsp3) is 0.462. The average molecular weight is 260 g/mol. The zero-order chi connectivity index (χ0) is 13.6. The molecule has 1 rings (SSSR count). The van der Waals surface area contributed by atoms with E-state index in [0.29, 0.717) is 6.42 Å². The highest BCUT2D eigenvalue weighted by Gasteiger charge is 2.31. The van der Waals surface area contributed by atoms with Crippen LogP contribution < -0.4 is 4.74 Å². The van der Waals surface area contributed by atoms with E-state index in [9.17, 15) is 18.0 Å². The second kappa shape index (κ2) is 6.42. The van der Waals surface area contributed by atoms with Gasteiger partial charge in [-0.15, -0.1) is 13.2 Å². The van der Waals surface area contributed by atoms with Crippen LogP contribution in [0.5, 0.6) is 5.75 Å². The van der Waals surface area contributed by atoms with Gasteiger partial charge >= 0.3 is 6.36 Å². The molecule has 0 amide bonds. The zero-order valence-corrected chi connectivity index (χ0v) is 10.1. The van der Waals surface area contributed by atoms with Gasteiger partial charge in [-0.25, -0.2) is 0 Å². The largest absolute Gasteiger partial charge is 0.573 e. The molecule has 0 aliphatic carbocycles. The Morgan fingerprint density at radius 2 is 2.00 bits per heavy atom. The number of hydrogen-bond donors (Lipinski definition) is 0. The lowest BCUT2D eigenvalue weighted by molar-refractivity contribution is -0.274. The lowest BCUT2D eigenvalue weighted by Gasteiger charge is -2.09. The first-order valence-corrected chi connectivity index (χ1v) is 5.81. The Morgan fingerprint density at radius 1 is 1.28 bits per heavy atom. The number of alkyl halides is 3.